The summed E-state index contributed by atoms with van der Waals surface area (Å²) >= 11 is 0. The Morgan fingerprint density at radius 1 is 1.08 bits per heavy atom. The molecule has 0 saturated carbocycles. The fraction of sp³-hybridized carbons (Fsp3) is 1.00. The van der Waals surface area contributed by atoms with Gasteiger partial charge in [-0.3, -0.25) is 0 Å². The van der Waals surface area contributed by atoms with Crippen LogP contribution in [0.1, 0.15) is 13.8 Å². The summed E-state index contributed by atoms with van der Waals surface area (Å²) in [6.07, 6.45) is 0. The first-order valence-electron chi connectivity index (χ1n) is 4.00. The number of methoxy groups -OCH3 is 1. The average molecular weight is 178 g/mol. The normalized spacial score (nSPS) is 12.0. The summed E-state index contributed by atoms with van der Waals surface area (Å²) in [6.45, 7) is 4.95. The highest BCUT2D eigenvalue weighted by atomic mass is 16.7. The van der Waals surface area contributed by atoms with E-state index in [1.165, 1.54) is 0 Å². The van der Waals surface area contributed by atoms with Crippen molar-refractivity contribution >= 4 is 0 Å². The SMILES string of the molecule is COCCOC(C)(C)OCCO. The molecule has 1 N–H and O–H groups in total. The van der Waals surface area contributed by atoms with Gasteiger partial charge in [0.1, 0.15) is 0 Å². The Labute approximate surface area is 73.4 Å². The van der Waals surface area contributed by atoms with Gasteiger partial charge in [-0.1, -0.05) is 0 Å². The van der Waals surface area contributed by atoms with Gasteiger partial charge in [0.25, 0.3) is 0 Å². The molecule has 0 aromatic rings. The van der Waals surface area contributed by atoms with Crippen LogP contribution in [0.2, 0.25) is 0 Å². The van der Waals surface area contributed by atoms with E-state index in [9.17, 15) is 0 Å². The van der Waals surface area contributed by atoms with Gasteiger partial charge in [0, 0.05) is 7.11 Å². The molecule has 0 rings (SSSR count). The van der Waals surface area contributed by atoms with Gasteiger partial charge < -0.3 is 19.3 Å². The van der Waals surface area contributed by atoms with Gasteiger partial charge in [0.2, 0.25) is 0 Å². The van der Waals surface area contributed by atoms with Crippen molar-refractivity contribution in [2.45, 2.75) is 19.6 Å². The van der Waals surface area contributed by atoms with Crippen molar-refractivity contribution in [2.75, 3.05) is 33.5 Å². The van der Waals surface area contributed by atoms with Crippen LogP contribution in [0, 0.1) is 0 Å². The van der Waals surface area contributed by atoms with Gasteiger partial charge in [0.05, 0.1) is 26.4 Å². The van der Waals surface area contributed by atoms with Crippen LogP contribution in [0.3, 0.4) is 0 Å². The molecule has 0 aromatic carbocycles. The molecule has 0 heterocycles. The second-order valence-electron chi connectivity index (χ2n) is 2.81. The maximum Gasteiger partial charge on any atom is 0.162 e. The zero-order valence-corrected chi connectivity index (χ0v) is 8.00. The maximum absolute atomic E-state index is 8.50. The monoisotopic (exact) mass is 178 g/mol. The van der Waals surface area contributed by atoms with Crippen molar-refractivity contribution in [1.82, 2.24) is 0 Å². The highest BCUT2D eigenvalue weighted by molar-refractivity contribution is 4.52. The zero-order valence-electron chi connectivity index (χ0n) is 8.00. The van der Waals surface area contributed by atoms with Crippen molar-refractivity contribution in [3.05, 3.63) is 0 Å². The Balaban J connectivity index is 3.42. The van der Waals surface area contributed by atoms with Gasteiger partial charge in [-0.25, -0.2) is 0 Å². The number of rotatable bonds is 7. The van der Waals surface area contributed by atoms with Crippen LogP contribution in [0.25, 0.3) is 0 Å². The summed E-state index contributed by atoms with van der Waals surface area (Å²) < 4.78 is 15.3. The summed E-state index contributed by atoms with van der Waals surface area (Å²) in [6, 6.07) is 0. The fourth-order valence-corrected chi connectivity index (χ4v) is 0.704. The van der Waals surface area contributed by atoms with E-state index >= 15 is 0 Å². The lowest BCUT2D eigenvalue weighted by Gasteiger charge is -2.25. The predicted octanol–water partition coefficient (Wildman–Crippen LogP) is 0.394. The number of ether oxygens (including phenoxy) is 3. The molecule has 0 saturated heterocycles. The van der Waals surface area contributed by atoms with Crippen LogP contribution >= 0.6 is 0 Å². The van der Waals surface area contributed by atoms with E-state index in [2.05, 4.69) is 0 Å². The van der Waals surface area contributed by atoms with Gasteiger partial charge in [-0.15, -0.1) is 0 Å². The van der Waals surface area contributed by atoms with Crippen LogP contribution in [0.5, 0.6) is 0 Å². The summed E-state index contributed by atoms with van der Waals surface area (Å²) in [5.41, 5.74) is 0. The molecule has 74 valence electrons. The first-order chi connectivity index (χ1) is 5.62. The molecule has 0 radical (unpaired) electrons. The molecule has 12 heavy (non-hydrogen) atoms. The number of aliphatic hydroxyl groups is 1. The molecule has 0 amide bonds. The lowest BCUT2D eigenvalue weighted by Crippen LogP contribution is -2.31. The summed E-state index contributed by atoms with van der Waals surface area (Å²) in [5.74, 6) is -0.638. The topological polar surface area (TPSA) is 47.9 Å². The third-order valence-electron chi connectivity index (χ3n) is 1.28. The number of aliphatic hydroxyl groups excluding tert-OH is 1. The first-order valence-corrected chi connectivity index (χ1v) is 4.00. The molecule has 0 aliphatic carbocycles. The standard InChI is InChI=1S/C8H18O4/c1-8(2,11-5-4-9)12-7-6-10-3/h9H,4-7H2,1-3H3. The van der Waals surface area contributed by atoms with Crippen molar-refractivity contribution in [3.63, 3.8) is 0 Å². The van der Waals surface area contributed by atoms with Crippen LogP contribution in [0.15, 0.2) is 0 Å². The van der Waals surface area contributed by atoms with Gasteiger partial charge in [-0.05, 0) is 13.8 Å². The molecule has 0 fully saturated rings. The minimum Gasteiger partial charge on any atom is -0.394 e. The molecule has 0 aromatic heterocycles. The smallest absolute Gasteiger partial charge is 0.162 e. The van der Waals surface area contributed by atoms with Gasteiger partial charge in [-0.2, -0.15) is 0 Å². The Hall–Kier alpha value is -0.160. The molecular weight excluding hydrogens is 160 g/mol. The predicted molar refractivity (Wildman–Crippen MR) is 44.9 cm³/mol. The molecule has 4 nitrogen and oxygen atoms in total. The Morgan fingerprint density at radius 2 is 1.67 bits per heavy atom. The second-order valence-corrected chi connectivity index (χ2v) is 2.81. The molecule has 0 unspecified atom stereocenters. The minimum absolute atomic E-state index is 0.0110. The lowest BCUT2D eigenvalue weighted by atomic mass is 10.4. The highest BCUT2D eigenvalue weighted by Gasteiger charge is 2.17. The number of hydrogen-bond acceptors (Lipinski definition) is 4. The molecular formula is C8H18O4. The molecule has 0 aliphatic heterocycles. The molecule has 0 bridgehead atoms. The molecule has 4 heteroatoms. The van der Waals surface area contributed by atoms with Crippen LogP contribution in [-0.4, -0.2) is 44.4 Å². The molecule has 0 spiro atoms. The van der Waals surface area contributed by atoms with E-state index in [0.29, 0.717) is 19.8 Å². The lowest BCUT2D eigenvalue weighted by molar-refractivity contribution is -0.220. The van der Waals surface area contributed by atoms with E-state index in [0.717, 1.165) is 0 Å². The van der Waals surface area contributed by atoms with Crippen LogP contribution in [-0.2, 0) is 14.2 Å². The quantitative estimate of drug-likeness (QED) is 0.452. The highest BCUT2D eigenvalue weighted by Crippen LogP contribution is 2.09. The van der Waals surface area contributed by atoms with Crippen molar-refractivity contribution in [2.24, 2.45) is 0 Å². The Kier molecular flexibility index (Phi) is 6.28. The largest absolute Gasteiger partial charge is 0.394 e. The van der Waals surface area contributed by atoms with Crippen LogP contribution in [0.4, 0.5) is 0 Å². The van der Waals surface area contributed by atoms with Gasteiger partial charge >= 0.3 is 0 Å². The third-order valence-corrected chi connectivity index (χ3v) is 1.28. The number of hydrogen-bond donors (Lipinski definition) is 1. The second kappa shape index (κ2) is 6.37. The van der Waals surface area contributed by atoms with Crippen LogP contribution < -0.4 is 0 Å². The summed E-state index contributed by atoms with van der Waals surface area (Å²) in [7, 11) is 1.62. The summed E-state index contributed by atoms with van der Waals surface area (Å²) in [5, 5.41) is 8.50. The van der Waals surface area contributed by atoms with E-state index < -0.39 is 5.79 Å². The maximum atomic E-state index is 8.50. The zero-order chi connectivity index (χ0) is 9.45. The summed E-state index contributed by atoms with van der Waals surface area (Å²) in [4.78, 5) is 0. The van der Waals surface area contributed by atoms with Crippen molar-refractivity contribution in [1.29, 1.82) is 0 Å². The molecule has 0 atom stereocenters. The third kappa shape index (κ3) is 6.54. The van der Waals surface area contributed by atoms with Crippen molar-refractivity contribution in [3.8, 4) is 0 Å². The van der Waals surface area contributed by atoms with Crippen molar-refractivity contribution < 1.29 is 19.3 Å². The van der Waals surface area contributed by atoms with E-state index in [1.54, 1.807) is 21.0 Å². The Bertz CT molecular complexity index is 103. The minimum atomic E-state index is -0.638. The van der Waals surface area contributed by atoms with E-state index in [4.69, 9.17) is 19.3 Å². The van der Waals surface area contributed by atoms with Gasteiger partial charge in [0.15, 0.2) is 5.79 Å². The van der Waals surface area contributed by atoms with E-state index in [1.807, 2.05) is 0 Å². The first kappa shape index (κ1) is 11.8. The molecule has 0 aliphatic rings. The average Bonchev–Trinajstić information content (AvgIpc) is 2.01. The fourth-order valence-electron chi connectivity index (χ4n) is 0.704. The Morgan fingerprint density at radius 3 is 2.17 bits per heavy atom. The van der Waals surface area contributed by atoms with E-state index in [-0.39, 0.29) is 6.61 Å².